The Hall–Kier alpha value is -3.80. The van der Waals surface area contributed by atoms with E-state index in [1.54, 1.807) is 24.3 Å². The summed E-state index contributed by atoms with van der Waals surface area (Å²) in [5.74, 6) is -0.102. The van der Waals surface area contributed by atoms with Gasteiger partial charge in [-0.25, -0.2) is 5.10 Å². The fourth-order valence-corrected chi connectivity index (χ4v) is 2.70. The zero-order chi connectivity index (χ0) is 19.0. The second-order valence-electron chi connectivity index (χ2n) is 5.59. The SMILES string of the molecule is N#Cc1[nH]nnc1-c1cc(OC(F)(F)F)cc(-c2cc3ccccc3o2)c1. The van der Waals surface area contributed by atoms with Gasteiger partial charge in [-0.05, 0) is 30.3 Å². The second-order valence-corrected chi connectivity index (χ2v) is 5.59. The minimum Gasteiger partial charge on any atom is -0.456 e. The number of furan rings is 1. The molecule has 4 rings (SSSR count). The highest BCUT2D eigenvalue weighted by Gasteiger charge is 2.31. The van der Waals surface area contributed by atoms with Crippen LogP contribution in [0.5, 0.6) is 5.75 Å². The van der Waals surface area contributed by atoms with Crippen molar-refractivity contribution in [3.63, 3.8) is 0 Å². The van der Waals surface area contributed by atoms with Crippen LogP contribution in [0.25, 0.3) is 33.6 Å². The average Bonchev–Trinajstić information content (AvgIpc) is 3.26. The van der Waals surface area contributed by atoms with Crippen molar-refractivity contribution < 1.29 is 22.3 Å². The Morgan fingerprint density at radius 3 is 2.59 bits per heavy atom. The zero-order valence-electron chi connectivity index (χ0n) is 13.4. The maximum absolute atomic E-state index is 12.7. The van der Waals surface area contributed by atoms with Crippen LogP contribution in [0, 0.1) is 11.3 Å². The van der Waals surface area contributed by atoms with Crippen LogP contribution in [-0.4, -0.2) is 21.8 Å². The Bertz CT molecular complexity index is 1140. The number of aromatic nitrogens is 3. The highest BCUT2D eigenvalue weighted by Crippen LogP contribution is 2.36. The fraction of sp³-hybridized carbons (Fsp3) is 0.0556. The first kappa shape index (κ1) is 16.7. The Morgan fingerprint density at radius 1 is 1.07 bits per heavy atom. The standard InChI is InChI=1S/C18H9F3N4O2/c19-18(20,21)27-13-6-11(16-8-10-3-1-2-4-15(10)26-16)5-12(7-13)17-14(9-22)23-25-24-17/h1-8H,(H,23,24,25). The van der Waals surface area contributed by atoms with Gasteiger partial charge in [0.05, 0.1) is 0 Å². The van der Waals surface area contributed by atoms with Crippen LogP contribution in [0.4, 0.5) is 13.2 Å². The summed E-state index contributed by atoms with van der Waals surface area (Å²) in [6.45, 7) is 0. The number of halogens is 3. The number of rotatable bonds is 3. The number of ether oxygens (including phenoxy) is 1. The number of nitriles is 1. The van der Waals surface area contributed by atoms with Gasteiger partial charge in [0, 0.05) is 16.5 Å². The van der Waals surface area contributed by atoms with Gasteiger partial charge in [0.1, 0.15) is 28.9 Å². The fourth-order valence-electron chi connectivity index (χ4n) is 2.70. The molecule has 0 spiro atoms. The summed E-state index contributed by atoms with van der Waals surface area (Å²) < 4.78 is 48.0. The van der Waals surface area contributed by atoms with Gasteiger partial charge in [0.2, 0.25) is 0 Å². The molecule has 0 unspecified atom stereocenters. The third kappa shape index (κ3) is 3.32. The lowest BCUT2D eigenvalue weighted by atomic mass is 10.0. The molecule has 0 saturated carbocycles. The summed E-state index contributed by atoms with van der Waals surface area (Å²) in [6.07, 6.45) is -4.87. The first-order valence-corrected chi connectivity index (χ1v) is 7.64. The van der Waals surface area contributed by atoms with Gasteiger partial charge in [-0.1, -0.05) is 23.4 Å². The predicted octanol–water partition coefficient (Wildman–Crippen LogP) is 4.66. The summed E-state index contributed by atoms with van der Waals surface area (Å²) in [4.78, 5) is 0. The number of fused-ring (bicyclic) bond motifs is 1. The lowest BCUT2D eigenvalue weighted by Gasteiger charge is -2.11. The van der Waals surface area contributed by atoms with Crippen molar-refractivity contribution in [2.24, 2.45) is 0 Å². The number of hydrogen-bond acceptors (Lipinski definition) is 5. The summed E-state index contributed by atoms with van der Waals surface area (Å²) in [5, 5.41) is 19.6. The van der Waals surface area contributed by atoms with Crippen LogP contribution >= 0.6 is 0 Å². The number of nitrogens with zero attached hydrogens (tertiary/aromatic N) is 3. The Balaban J connectivity index is 1.89. The highest BCUT2D eigenvalue weighted by molar-refractivity contribution is 5.84. The van der Waals surface area contributed by atoms with Gasteiger partial charge in [-0.3, -0.25) is 0 Å². The van der Waals surface area contributed by atoms with Crippen molar-refractivity contribution >= 4 is 11.0 Å². The molecule has 2 aromatic carbocycles. The molecule has 0 bridgehead atoms. The third-order valence-electron chi connectivity index (χ3n) is 3.78. The predicted molar refractivity (Wildman–Crippen MR) is 88.4 cm³/mol. The van der Waals surface area contributed by atoms with Crippen LogP contribution in [0.15, 0.2) is 52.9 Å². The Morgan fingerprint density at radius 2 is 1.85 bits per heavy atom. The smallest absolute Gasteiger partial charge is 0.456 e. The van der Waals surface area contributed by atoms with E-state index >= 15 is 0 Å². The van der Waals surface area contributed by atoms with Gasteiger partial charge < -0.3 is 9.15 Å². The van der Waals surface area contributed by atoms with E-state index in [0.29, 0.717) is 16.9 Å². The minimum absolute atomic E-state index is 0.0229. The number of alkyl halides is 3. The van der Waals surface area contributed by atoms with Crippen molar-refractivity contribution in [1.82, 2.24) is 15.4 Å². The molecule has 134 valence electrons. The normalized spacial score (nSPS) is 11.5. The molecule has 2 aromatic heterocycles. The molecule has 0 aliphatic heterocycles. The Labute approximate surface area is 149 Å². The van der Waals surface area contributed by atoms with Crippen molar-refractivity contribution in [2.75, 3.05) is 0 Å². The molecule has 6 nitrogen and oxygen atoms in total. The van der Waals surface area contributed by atoms with E-state index in [-0.39, 0.29) is 17.0 Å². The lowest BCUT2D eigenvalue weighted by Crippen LogP contribution is -2.17. The molecule has 1 N–H and O–H groups in total. The molecule has 4 aromatic rings. The lowest BCUT2D eigenvalue weighted by molar-refractivity contribution is -0.274. The topological polar surface area (TPSA) is 87.7 Å². The van der Waals surface area contributed by atoms with E-state index in [9.17, 15) is 13.2 Å². The van der Waals surface area contributed by atoms with Crippen LogP contribution in [0.1, 0.15) is 5.69 Å². The van der Waals surface area contributed by atoms with Crippen molar-refractivity contribution in [1.29, 1.82) is 5.26 Å². The highest BCUT2D eigenvalue weighted by atomic mass is 19.4. The monoisotopic (exact) mass is 370 g/mol. The molecular formula is C18H9F3N4O2. The van der Waals surface area contributed by atoms with E-state index in [2.05, 4.69) is 20.1 Å². The maximum Gasteiger partial charge on any atom is 0.573 e. The second kappa shape index (κ2) is 6.17. The largest absolute Gasteiger partial charge is 0.573 e. The quantitative estimate of drug-likeness (QED) is 0.567. The summed E-state index contributed by atoms with van der Waals surface area (Å²) >= 11 is 0. The number of hydrogen-bond donors (Lipinski definition) is 1. The van der Waals surface area contributed by atoms with E-state index in [4.69, 9.17) is 9.68 Å². The summed E-state index contributed by atoms with van der Waals surface area (Å²) in [7, 11) is 0. The maximum atomic E-state index is 12.7. The molecule has 0 amide bonds. The summed E-state index contributed by atoms with van der Waals surface area (Å²) in [5.41, 5.74) is 1.31. The van der Waals surface area contributed by atoms with Gasteiger partial charge in [-0.15, -0.1) is 18.3 Å². The van der Waals surface area contributed by atoms with Crippen LogP contribution in [-0.2, 0) is 0 Å². The van der Waals surface area contributed by atoms with Crippen LogP contribution in [0.3, 0.4) is 0 Å². The zero-order valence-corrected chi connectivity index (χ0v) is 13.4. The number of aromatic amines is 1. The minimum atomic E-state index is -4.87. The van der Waals surface area contributed by atoms with Gasteiger partial charge in [-0.2, -0.15) is 5.26 Å². The van der Waals surface area contributed by atoms with Gasteiger partial charge in [0.25, 0.3) is 0 Å². The van der Waals surface area contributed by atoms with E-state index < -0.39 is 12.1 Å². The van der Waals surface area contributed by atoms with Crippen molar-refractivity contribution in [2.45, 2.75) is 6.36 Å². The molecule has 0 aliphatic carbocycles. The molecule has 0 aliphatic rings. The third-order valence-corrected chi connectivity index (χ3v) is 3.78. The van der Waals surface area contributed by atoms with Crippen LogP contribution < -0.4 is 4.74 Å². The van der Waals surface area contributed by atoms with E-state index in [0.717, 1.165) is 11.5 Å². The molecule has 0 radical (unpaired) electrons. The molecule has 2 heterocycles. The van der Waals surface area contributed by atoms with E-state index in [1.165, 1.54) is 6.07 Å². The first-order valence-electron chi connectivity index (χ1n) is 7.64. The van der Waals surface area contributed by atoms with Gasteiger partial charge in [0.15, 0.2) is 5.69 Å². The van der Waals surface area contributed by atoms with Crippen molar-refractivity contribution in [3.05, 3.63) is 54.2 Å². The Kier molecular flexibility index (Phi) is 3.81. The summed E-state index contributed by atoms with van der Waals surface area (Å²) in [6, 6.07) is 14.7. The van der Waals surface area contributed by atoms with E-state index in [1.807, 2.05) is 18.2 Å². The number of benzene rings is 2. The van der Waals surface area contributed by atoms with Crippen molar-refractivity contribution in [3.8, 4) is 34.4 Å². The molecule has 0 atom stereocenters. The average molecular weight is 370 g/mol. The molecule has 27 heavy (non-hydrogen) atoms. The van der Waals surface area contributed by atoms with Crippen LogP contribution in [0.2, 0.25) is 0 Å². The number of para-hydroxylation sites is 1. The molecule has 0 saturated heterocycles. The first-order chi connectivity index (χ1) is 12.9. The molecule has 9 heteroatoms. The molecular weight excluding hydrogens is 361 g/mol. The number of nitrogens with one attached hydrogen (secondary N) is 1. The number of H-pyrrole nitrogens is 1. The molecule has 0 fully saturated rings. The van der Waals surface area contributed by atoms with Gasteiger partial charge >= 0.3 is 6.36 Å².